The van der Waals surface area contributed by atoms with Crippen molar-refractivity contribution in [3.8, 4) is 0 Å². The second-order valence-electron chi connectivity index (χ2n) is 7.74. The topological polar surface area (TPSA) is 69.1 Å². The van der Waals surface area contributed by atoms with Gasteiger partial charge in [-0.05, 0) is 39.2 Å². The zero-order valence-electron chi connectivity index (χ0n) is 17.7. The number of rotatable bonds is 10. The van der Waals surface area contributed by atoms with Crippen LogP contribution in [0.1, 0.15) is 39.2 Å². The molecule has 2 rings (SSSR count). The van der Waals surface area contributed by atoms with Crippen LogP contribution >= 0.6 is 0 Å². The van der Waals surface area contributed by atoms with Gasteiger partial charge in [-0.1, -0.05) is 30.3 Å². The van der Waals surface area contributed by atoms with Crippen LogP contribution in [0.3, 0.4) is 0 Å². The highest BCUT2D eigenvalue weighted by Gasteiger charge is 2.20. The molecule has 0 amide bonds. The van der Waals surface area contributed by atoms with Gasteiger partial charge in [-0.15, -0.1) is 0 Å². The monoisotopic (exact) mass is 390 g/mol. The van der Waals surface area contributed by atoms with E-state index >= 15 is 0 Å². The quantitative estimate of drug-likeness (QED) is 0.421. The van der Waals surface area contributed by atoms with Crippen molar-refractivity contribution in [1.82, 2.24) is 15.5 Å². The summed E-state index contributed by atoms with van der Waals surface area (Å²) in [6.45, 7) is 11.4. The summed E-state index contributed by atoms with van der Waals surface area (Å²) in [4.78, 5) is 7.07. The van der Waals surface area contributed by atoms with Gasteiger partial charge in [0.1, 0.15) is 0 Å². The first-order valence-electron chi connectivity index (χ1n) is 10.7. The third kappa shape index (κ3) is 9.04. The van der Waals surface area contributed by atoms with E-state index in [4.69, 9.17) is 4.74 Å². The molecule has 158 valence electrons. The number of likely N-dealkylation sites (tertiary alicyclic amines) is 1. The Bertz CT molecular complexity index is 557. The standard InChI is InChI=1S/C22H38N4O2/c1-4-23-22(24-17-21(27)16-19-8-6-5-7-9-19)25-20-10-12-26(13-11-20)14-15-28-18(2)3/h5-9,18,20-21,27H,4,10-17H2,1-3H3,(H2,23,24,25). The summed E-state index contributed by atoms with van der Waals surface area (Å²) in [5.74, 6) is 0.802. The van der Waals surface area contributed by atoms with Gasteiger partial charge in [-0.25, -0.2) is 0 Å². The molecule has 1 atom stereocenters. The molecule has 0 spiro atoms. The van der Waals surface area contributed by atoms with Crippen molar-refractivity contribution in [2.75, 3.05) is 39.3 Å². The van der Waals surface area contributed by atoms with Gasteiger partial charge >= 0.3 is 0 Å². The number of benzene rings is 1. The highest BCUT2D eigenvalue weighted by molar-refractivity contribution is 5.80. The van der Waals surface area contributed by atoms with E-state index in [0.717, 1.165) is 57.2 Å². The first-order chi connectivity index (χ1) is 13.6. The predicted molar refractivity (Wildman–Crippen MR) is 116 cm³/mol. The number of guanidine groups is 1. The third-order valence-electron chi connectivity index (χ3n) is 4.91. The molecule has 1 aliphatic rings. The molecule has 28 heavy (non-hydrogen) atoms. The molecular formula is C22H38N4O2. The number of ether oxygens (including phenoxy) is 1. The molecule has 1 aliphatic heterocycles. The molecule has 6 heteroatoms. The fourth-order valence-electron chi connectivity index (χ4n) is 3.38. The Balaban J connectivity index is 1.73. The van der Waals surface area contributed by atoms with Gasteiger partial charge in [0.25, 0.3) is 0 Å². The van der Waals surface area contributed by atoms with E-state index in [1.165, 1.54) is 0 Å². The number of aliphatic imine (C=N–C) groups is 1. The van der Waals surface area contributed by atoms with E-state index in [0.29, 0.717) is 25.1 Å². The molecule has 1 unspecified atom stereocenters. The van der Waals surface area contributed by atoms with E-state index in [1.807, 2.05) is 30.3 Å². The third-order valence-corrected chi connectivity index (χ3v) is 4.91. The van der Waals surface area contributed by atoms with Crippen molar-refractivity contribution in [2.45, 2.75) is 58.3 Å². The first-order valence-corrected chi connectivity index (χ1v) is 10.7. The van der Waals surface area contributed by atoms with Crippen molar-refractivity contribution in [2.24, 2.45) is 4.99 Å². The number of aliphatic hydroxyl groups excluding tert-OH is 1. The van der Waals surface area contributed by atoms with Gasteiger partial charge in [0.05, 0.1) is 25.4 Å². The fourth-order valence-corrected chi connectivity index (χ4v) is 3.38. The molecule has 0 bridgehead atoms. The number of aliphatic hydroxyl groups is 1. The maximum atomic E-state index is 10.3. The normalized spacial score (nSPS) is 17.7. The SMILES string of the molecule is CCNC(=NCC(O)Cc1ccccc1)NC1CCN(CCOC(C)C)CC1. The smallest absolute Gasteiger partial charge is 0.191 e. The Hall–Kier alpha value is -1.63. The van der Waals surface area contributed by atoms with E-state index in [2.05, 4.69) is 41.3 Å². The van der Waals surface area contributed by atoms with Crippen LogP contribution < -0.4 is 10.6 Å². The number of hydrogen-bond acceptors (Lipinski definition) is 4. The molecule has 1 heterocycles. The zero-order valence-corrected chi connectivity index (χ0v) is 17.7. The van der Waals surface area contributed by atoms with Gasteiger partial charge in [0.15, 0.2) is 5.96 Å². The minimum absolute atomic E-state index is 0.301. The summed E-state index contributed by atoms with van der Waals surface area (Å²) in [6, 6.07) is 10.5. The van der Waals surface area contributed by atoms with Crippen LogP contribution in [0.15, 0.2) is 35.3 Å². The minimum Gasteiger partial charge on any atom is -0.391 e. The second kappa shape index (κ2) is 12.8. The van der Waals surface area contributed by atoms with Crippen LogP contribution in [0.4, 0.5) is 0 Å². The zero-order chi connectivity index (χ0) is 20.2. The lowest BCUT2D eigenvalue weighted by Gasteiger charge is -2.33. The van der Waals surface area contributed by atoms with Gasteiger partial charge < -0.3 is 25.4 Å². The summed E-state index contributed by atoms with van der Waals surface area (Å²) < 4.78 is 5.65. The van der Waals surface area contributed by atoms with Crippen molar-refractivity contribution < 1.29 is 9.84 Å². The van der Waals surface area contributed by atoms with Gasteiger partial charge in [0.2, 0.25) is 0 Å². The Kier molecular flexibility index (Phi) is 10.3. The Morgan fingerprint density at radius 3 is 2.61 bits per heavy atom. The van der Waals surface area contributed by atoms with Crippen molar-refractivity contribution in [3.63, 3.8) is 0 Å². The molecular weight excluding hydrogens is 352 g/mol. The fraction of sp³-hybridized carbons (Fsp3) is 0.682. The summed E-state index contributed by atoms with van der Waals surface area (Å²) in [6.07, 6.45) is 2.65. The Labute approximate surface area is 170 Å². The summed E-state index contributed by atoms with van der Waals surface area (Å²) >= 11 is 0. The molecule has 0 aliphatic carbocycles. The predicted octanol–water partition coefficient (Wildman–Crippen LogP) is 2.03. The molecule has 6 nitrogen and oxygen atoms in total. The molecule has 1 fully saturated rings. The number of nitrogens with one attached hydrogen (secondary N) is 2. The average molecular weight is 391 g/mol. The lowest BCUT2D eigenvalue weighted by molar-refractivity contribution is 0.0532. The maximum absolute atomic E-state index is 10.3. The van der Waals surface area contributed by atoms with Crippen molar-refractivity contribution in [1.29, 1.82) is 0 Å². The molecule has 1 saturated heterocycles. The van der Waals surface area contributed by atoms with Crippen LogP contribution in [0.2, 0.25) is 0 Å². The summed E-state index contributed by atoms with van der Waals surface area (Å²) in [7, 11) is 0. The molecule has 1 aromatic rings. The summed E-state index contributed by atoms with van der Waals surface area (Å²) in [5, 5.41) is 17.1. The van der Waals surface area contributed by atoms with Gasteiger partial charge in [0, 0.05) is 38.6 Å². The van der Waals surface area contributed by atoms with E-state index in [1.54, 1.807) is 0 Å². The molecule has 0 radical (unpaired) electrons. The lowest BCUT2D eigenvalue weighted by atomic mass is 10.1. The minimum atomic E-state index is -0.472. The Morgan fingerprint density at radius 2 is 1.96 bits per heavy atom. The van der Waals surface area contributed by atoms with E-state index < -0.39 is 6.10 Å². The van der Waals surface area contributed by atoms with Crippen LogP contribution in [-0.2, 0) is 11.2 Å². The average Bonchev–Trinajstić information content (AvgIpc) is 2.68. The van der Waals surface area contributed by atoms with Gasteiger partial charge in [-0.2, -0.15) is 0 Å². The van der Waals surface area contributed by atoms with E-state index in [9.17, 15) is 5.11 Å². The van der Waals surface area contributed by atoms with Crippen molar-refractivity contribution >= 4 is 5.96 Å². The lowest BCUT2D eigenvalue weighted by Crippen LogP contribution is -2.49. The highest BCUT2D eigenvalue weighted by atomic mass is 16.5. The number of nitrogens with zero attached hydrogens (tertiary/aromatic N) is 2. The van der Waals surface area contributed by atoms with Crippen LogP contribution in [0.25, 0.3) is 0 Å². The second-order valence-corrected chi connectivity index (χ2v) is 7.74. The van der Waals surface area contributed by atoms with E-state index in [-0.39, 0.29) is 0 Å². The first kappa shape index (κ1) is 22.7. The van der Waals surface area contributed by atoms with Crippen LogP contribution in [0, 0.1) is 0 Å². The number of hydrogen-bond donors (Lipinski definition) is 3. The van der Waals surface area contributed by atoms with Crippen molar-refractivity contribution in [3.05, 3.63) is 35.9 Å². The Morgan fingerprint density at radius 1 is 1.25 bits per heavy atom. The maximum Gasteiger partial charge on any atom is 0.191 e. The molecule has 1 aromatic carbocycles. The van der Waals surface area contributed by atoms with Gasteiger partial charge in [-0.3, -0.25) is 4.99 Å². The summed E-state index contributed by atoms with van der Waals surface area (Å²) in [5.41, 5.74) is 1.14. The molecule has 3 N–H and O–H groups in total. The number of piperidine rings is 1. The molecule has 0 saturated carbocycles. The largest absolute Gasteiger partial charge is 0.391 e. The van der Waals surface area contributed by atoms with Crippen LogP contribution in [-0.4, -0.2) is 73.5 Å². The highest BCUT2D eigenvalue weighted by Crippen LogP contribution is 2.10. The molecule has 0 aromatic heterocycles. The van der Waals surface area contributed by atoms with Crippen LogP contribution in [0.5, 0.6) is 0 Å².